The Morgan fingerprint density at radius 1 is 1.47 bits per heavy atom. The molecule has 0 saturated carbocycles. The summed E-state index contributed by atoms with van der Waals surface area (Å²) in [6.45, 7) is 6.67. The predicted molar refractivity (Wildman–Crippen MR) is 67.9 cm³/mol. The molecule has 1 atom stereocenters. The number of rotatable bonds is 6. The van der Waals surface area contributed by atoms with Gasteiger partial charge in [0.05, 0.1) is 17.3 Å². The van der Waals surface area contributed by atoms with Gasteiger partial charge < -0.3 is 9.84 Å². The second kappa shape index (κ2) is 6.12. The molecule has 5 heteroatoms. The number of thiazole rings is 1. The molecule has 1 aromatic rings. The van der Waals surface area contributed by atoms with Crippen LogP contribution in [0.3, 0.4) is 0 Å². The summed E-state index contributed by atoms with van der Waals surface area (Å²) in [5.41, 5.74) is 0.704. The van der Waals surface area contributed by atoms with E-state index in [0.717, 1.165) is 5.01 Å². The third-order valence-corrected chi connectivity index (χ3v) is 3.67. The van der Waals surface area contributed by atoms with Crippen LogP contribution in [0.4, 0.5) is 0 Å². The van der Waals surface area contributed by atoms with E-state index in [1.54, 1.807) is 7.11 Å². The van der Waals surface area contributed by atoms with E-state index in [1.165, 1.54) is 11.3 Å². The normalized spacial score (nSPS) is 13.0. The fraction of sp³-hybridized carbons (Fsp3) is 0.667. The molecule has 0 aliphatic carbocycles. The largest absolute Gasteiger partial charge is 0.477 e. The van der Waals surface area contributed by atoms with Crippen molar-refractivity contribution >= 4 is 17.3 Å². The lowest BCUT2D eigenvalue weighted by Gasteiger charge is -2.05. The fourth-order valence-corrected chi connectivity index (χ4v) is 2.56. The van der Waals surface area contributed by atoms with Gasteiger partial charge in [-0.05, 0) is 12.3 Å². The second-order valence-corrected chi connectivity index (χ2v) is 5.62. The van der Waals surface area contributed by atoms with Gasteiger partial charge in [0.1, 0.15) is 4.88 Å². The minimum absolute atomic E-state index is 0.143. The van der Waals surface area contributed by atoms with E-state index in [2.05, 4.69) is 18.8 Å². The van der Waals surface area contributed by atoms with E-state index >= 15 is 0 Å². The molecule has 0 saturated heterocycles. The number of carboxylic acids is 1. The molecule has 4 nitrogen and oxygen atoms in total. The van der Waals surface area contributed by atoms with Crippen molar-refractivity contribution in [3.8, 4) is 0 Å². The Labute approximate surface area is 106 Å². The maximum absolute atomic E-state index is 11.1. The SMILES string of the molecule is COCC(C)c1nc(CC(C)C)c(C(=O)O)s1. The van der Waals surface area contributed by atoms with Crippen LogP contribution in [0.1, 0.15) is 47.1 Å². The molecular formula is C12H19NO3S. The maximum atomic E-state index is 11.1. The molecule has 1 N–H and O–H groups in total. The highest BCUT2D eigenvalue weighted by Crippen LogP contribution is 2.27. The van der Waals surface area contributed by atoms with Crippen LogP contribution in [-0.2, 0) is 11.2 Å². The summed E-state index contributed by atoms with van der Waals surface area (Å²) in [5.74, 6) is -0.334. The van der Waals surface area contributed by atoms with E-state index in [1.807, 2.05) is 6.92 Å². The first-order valence-corrected chi connectivity index (χ1v) is 6.49. The average Bonchev–Trinajstić information content (AvgIpc) is 2.61. The highest BCUT2D eigenvalue weighted by atomic mass is 32.1. The molecule has 0 radical (unpaired) electrons. The summed E-state index contributed by atoms with van der Waals surface area (Å²) >= 11 is 1.27. The Hall–Kier alpha value is -0.940. The number of carboxylic acid groups (broad SMARTS) is 1. The Balaban J connectivity index is 2.99. The molecule has 96 valence electrons. The van der Waals surface area contributed by atoms with E-state index in [0.29, 0.717) is 29.5 Å². The van der Waals surface area contributed by atoms with Gasteiger partial charge in [-0.1, -0.05) is 20.8 Å². The van der Waals surface area contributed by atoms with Crippen molar-refractivity contribution in [3.63, 3.8) is 0 Å². The molecule has 0 amide bonds. The van der Waals surface area contributed by atoms with Gasteiger partial charge in [-0.15, -0.1) is 11.3 Å². The van der Waals surface area contributed by atoms with Crippen LogP contribution in [-0.4, -0.2) is 29.8 Å². The van der Waals surface area contributed by atoms with Gasteiger partial charge in [-0.3, -0.25) is 0 Å². The van der Waals surface area contributed by atoms with Gasteiger partial charge in [0, 0.05) is 13.0 Å². The van der Waals surface area contributed by atoms with Crippen LogP contribution in [0, 0.1) is 5.92 Å². The standard InChI is InChI=1S/C12H19NO3S/c1-7(2)5-9-10(12(14)15)17-11(13-9)8(3)6-16-4/h7-8H,5-6H2,1-4H3,(H,14,15). The average molecular weight is 257 g/mol. The number of aromatic nitrogens is 1. The van der Waals surface area contributed by atoms with Gasteiger partial charge in [0.2, 0.25) is 0 Å². The minimum Gasteiger partial charge on any atom is -0.477 e. The molecule has 1 heterocycles. The van der Waals surface area contributed by atoms with E-state index in [9.17, 15) is 4.79 Å². The predicted octanol–water partition coefficient (Wildman–Crippen LogP) is 2.79. The monoisotopic (exact) mass is 257 g/mol. The van der Waals surface area contributed by atoms with Crippen molar-refractivity contribution in [1.29, 1.82) is 0 Å². The first-order chi connectivity index (χ1) is 7.95. The third kappa shape index (κ3) is 3.78. The van der Waals surface area contributed by atoms with Crippen LogP contribution in [0.2, 0.25) is 0 Å². The molecule has 0 fully saturated rings. The topological polar surface area (TPSA) is 59.4 Å². The lowest BCUT2D eigenvalue weighted by atomic mass is 10.1. The lowest BCUT2D eigenvalue weighted by Crippen LogP contribution is -2.04. The molecule has 1 unspecified atom stereocenters. The minimum atomic E-state index is -0.881. The molecule has 0 aliphatic heterocycles. The second-order valence-electron chi connectivity index (χ2n) is 4.59. The molecule has 0 spiro atoms. The van der Waals surface area contributed by atoms with E-state index in [-0.39, 0.29) is 5.92 Å². The van der Waals surface area contributed by atoms with Crippen LogP contribution in [0.25, 0.3) is 0 Å². The molecule has 0 aromatic carbocycles. The van der Waals surface area contributed by atoms with E-state index in [4.69, 9.17) is 9.84 Å². The number of methoxy groups -OCH3 is 1. The van der Waals surface area contributed by atoms with Gasteiger partial charge in [0.15, 0.2) is 0 Å². The highest BCUT2D eigenvalue weighted by Gasteiger charge is 2.20. The molecule has 0 aliphatic rings. The number of carbonyl (C=O) groups is 1. The number of ether oxygens (including phenoxy) is 1. The van der Waals surface area contributed by atoms with Gasteiger partial charge in [0.25, 0.3) is 0 Å². The number of hydrogen-bond acceptors (Lipinski definition) is 4. The lowest BCUT2D eigenvalue weighted by molar-refractivity contribution is 0.0700. The third-order valence-electron chi connectivity index (χ3n) is 2.35. The zero-order valence-electron chi connectivity index (χ0n) is 10.7. The maximum Gasteiger partial charge on any atom is 0.347 e. The van der Waals surface area contributed by atoms with Crippen LogP contribution < -0.4 is 0 Å². The Kier molecular flexibility index (Phi) is 5.08. The zero-order chi connectivity index (χ0) is 13.0. The summed E-state index contributed by atoms with van der Waals surface area (Å²) in [4.78, 5) is 16.0. The number of hydrogen-bond donors (Lipinski definition) is 1. The summed E-state index contributed by atoms with van der Waals surface area (Å²) < 4.78 is 5.07. The van der Waals surface area contributed by atoms with Gasteiger partial charge in [-0.2, -0.15) is 0 Å². The fourth-order valence-electron chi connectivity index (χ4n) is 1.59. The Morgan fingerprint density at radius 3 is 2.59 bits per heavy atom. The summed E-state index contributed by atoms with van der Waals surface area (Å²) in [7, 11) is 1.64. The highest BCUT2D eigenvalue weighted by molar-refractivity contribution is 7.13. The van der Waals surface area contributed by atoms with Crippen molar-refractivity contribution in [2.24, 2.45) is 5.92 Å². The van der Waals surface area contributed by atoms with Crippen molar-refractivity contribution in [2.45, 2.75) is 33.1 Å². The first kappa shape index (κ1) is 14.1. The number of aromatic carboxylic acids is 1. The summed E-state index contributed by atoms with van der Waals surface area (Å²) in [6, 6.07) is 0. The van der Waals surface area contributed by atoms with Crippen molar-refractivity contribution in [1.82, 2.24) is 4.98 Å². The Morgan fingerprint density at radius 2 is 2.12 bits per heavy atom. The van der Waals surface area contributed by atoms with Gasteiger partial charge in [-0.25, -0.2) is 9.78 Å². The summed E-state index contributed by atoms with van der Waals surface area (Å²) in [5, 5.41) is 9.99. The van der Waals surface area contributed by atoms with Gasteiger partial charge >= 0.3 is 5.97 Å². The molecular weight excluding hydrogens is 238 g/mol. The quantitative estimate of drug-likeness (QED) is 0.851. The van der Waals surface area contributed by atoms with Crippen molar-refractivity contribution in [3.05, 3.63) is 15.6 Å². The summed E-state index contributed by atoms with van der Waals surface area (Å²) in [6.07, 6.45) is 0.706. The molecule has 17 heavy (non-hydrogen) atoms. The van der Waals surface area contributed by atoms with Crippen LogP contribution in [0.15, 0.2) is 0 Å². The van der Waals surface area contributed by atoms with Crippen molar-refractivity contribution in [2.75, 3.05) is 13.7 Å². The molecule has 0 bridgehead atoms. The Bertz CT molecular complexity index is 387. The smallest absolute Gasteiger partial charge is 0.347 e. The zero-order valence-corrected chi connectivity index (χ0v) is 11.5. The van der Waals surface area contributed by atoms with E-state index < -0.39 is 5.97 Å². The first-order valence-electron chi connectivity index (χ1n) is 5.67. The van der Waals surface area contributed by atoms with Crippen LogP contribution >= 0.6 is 11.3 Å². The molecule has 1 rings (SSSR count). The van der Waals surface area contributed by atoms with Crippen LogP contribution in [0.5, 0.6) is 0 Å². The van der Waals surface area contributed by atoms with Crippen molar-refractivity contribution < 1.29 is 14.6 Å². The molecule has 1 aromatic heterocycles. The number of nitrogens with zero attached hydrogens (tertiary/aromatic N) is 1.